The fourth-order valence-electron chi connectivity index (χ4n) is 4.51. The van der Waals surface area contributed by atoms with Gasteiger partial charge in [0.1, 0.15) is 23.7 Å². The van der Waals surface area contributed by atoms with Crippen LogP contribution < -0.4 is 9.47 Å². The van der Waals surface area contributed by atoms with E-state index in [0.29, 0.717) is 36.7 Å². The summed E-state index contributed by atoms with van der Waals surface area (Å²) in [6.07, 6.45) is -1.80. The standard InChI is InChI=1S/C33H32O7/c34-21-30-32(37-23-25-12-6-2-7-13-25)29(36-22-24-10-4-1-5-11-24)20-31(40-30)38-27-16-18-28(19-17-27)39-33(35)26-14-8-3-9-15-26/h1-19,29-32,34H,20-23H2. The molecule has 1 aliphatic heterocycles. The van der Waals surface area contributed by atoms with Gasteiger partial charge in [0.15, 0.2) is 0 Å². The molecule has 7 heteroatoms. The van der Waals surface area contributed by atoms with Gasteiger partial charge in [0.2, 0.25) is 6.29 Å². The van der Waals surface area contributed by atoms with Crippen LogP contribution >= 0.6 is 0 Å². The Balaban J connectivity index is 1.24. The second-order valence-electron chi connectivity index (χ2n) is 9.46. The van der Waals surface area contributed by atoms with Gasteiger partial charge in [-0.05, 0) is 47.5 Å². The molecular weight excluding hydrogens is 508 g/mol. The monoisotopic (exact) mass is 540 g/mol. The summed E-state index contributed by atoms with van der Waals surface area (Å²) < 4.78 is 30.3. The Labute approximate surface area is 233 Å². The van der Waals surface area contributed by atoms with E-state index in [1.807, 2.05) is 66.7 Å². The molecule has 1 N–H and O–H groups in total. The second-order valence-corrected chi connectivity index (χ2v) is 9.46. The summed E-state index contributed by atoms with van der Waals surface area (Å²) in [7, 11) is 0. The lowest BCUT2D eigenvalue weighted by atomic mass is 10.0. The maximum absolute atomic E-state index is 12.3. The molecule has 4 aromatic carbocycles. The van der Waals surface area contributed by atoms with Gasteiger partial charge in [0.25, 0.3) is 0 Å². The topological polar surface area (TPSA) is 83.5 Å². The molecule has 0 bridgehead atoms. The zero-order chi connectivity index (χ0) is 27.6. The van der Waals surface area contributed by atoms with E-state index in [1.165, 1.54) is 0 Å². The third kappa shape index (κ3) is 7.55. The lowest BCUT2D eigenvalue weighted by molar-refractivity contribution is -0.254. The summed E-state index contributed by atoms with van der Waals surface area (Å²) in [5, 5.41) is 10.2. The number of rotatable bonds is 11. The normalized spacial score (nSPS) is 20.5. The van der Waals surface area contributed by atoms with E-state index in [2.05, 4.69) is 0 Å². The fraction of sp³-hybridized carbons (Fsp3) is 0.242. The highest BCUT2D eigenvalue weighted by atomic mass is 16.7. The average Bonchev–Trinajstić information content (AvgIpc) is 3.01. The van der Waals surface area contributed by atoms with Crippen molar-refractivity contribution in [3.63, 3.8) is 0 Å². The molecule has 0 aromatic heterocycles. The Morgan fingerprint density at radius 2 is 1.27 bits per heavy atom. The van der Waals surface area contributed by atoms with Crippen LogP contribution in [-0.4, -0.2) is 42.3 Å². The summed E-state index contributed by atoms with van der Waals surface area (Å²) in [4.78, 5) is 12.3. The fourth-order valence-corrected chi connectivity index (χ4v) is 4.51. The minimum absolute atomic E-state index is 0.251. The zero-order valence-electron chi connectivity index (χ0n) is 22.0. The maximum atomic E-state index is 12.3. The molecule has 1 aliphatic rings. The number of carbonyl (C=O) groups is 1. The van der Waals surface area contributed by atoms with Gasteiger partial charge in [-0.2, -0.15) is 0 Å². The van der Waals surface area contributed by atoms with E-state index >= 15 is 0 Å². The van der Waals surface area contributed by atoms with Crippen molar-refractivity contribution in [1.29, 1.82) is 0 Å². The van der Waals surface area contributed by atoms with E-state index in [0.717, 1.165) is 11.1 Å². The highest BCUT2D eigenvalue weighted by Crippen LogP contribution is 2.29. The van der Waals surface area contributed by atoms with Crippen LogP contribution in [-0.2, 0) is 27.4 Å². The molecule has 0 radical (unpaired) electrons. The third-order valence-electron chi connectivity index (χ3n) is 6.57. The molecule has 4 atom stereocenters. The minimum atomic E-state index is -0.674. The van der Waals surface area contributed by atoms with E-state index < -0.39 is 24.5 Å². The smallest absolute Gasteiger partial charge is 0.343 e. The van der Waals surface area contributed by atoms with Crippen LogP contribution in [0.2, 0.25) is 0 Å². The molecule has 0 spiro atoms. The van der Waals surface area contributed by atoms with E-state index in [-0.39, 0.29) is 12.7 Å². The SMILES string of the molecule is O=C(Oc1ccc(OC2CC(OCc3ccccc3)C(OCc3ccccc3)C(CO)O2)cc1)c1ccccc1. The molecule has 1 heterocycles. The van der Waals surface area contributed by atoms with Crippen LogP contribution in [0, 0.1) is 0 Å². The predicted octanol–water partition coefficient (Wildman–Crippen LogP) is 5.56. The molecular formula is C33H32O7. The van der Waals surface area contributed by atoms with Crippen molar-refractivity contribution in [1.82, 2.24) is 0 Å². The number of carbonyl (C=O) groups excluding carboxylic acids is 1. The summed E-state index contributed by atoms with van der Waals surface area (Å²) in [6.45, 7) is 0.507. The van der Waals surface area contributed by atoms with Crippen molar-refractivity contribution in [3.8, 4) is 11.5 Å². The number of hydrogen-bond donors (Lipinski definition) is 1. The first-order valence-electron chi connectivity index (χ1n) is 13.3. The van der Waals surface area contributed by atoms with Gasteiger partial charge in [-0.25, -0.2) is 4.79 Å². The molecule has 5 rings (SSSR count). The molecule has 0 amide bonds. The first-order chi connectivity index (χ1) is 19.7. The third-order valence-corrected chi connectivity index (χ3v) is 6.57. The van der Waals surface area contributed by atoms with Gasteiger partial charge < -0.3 is 28.8 Å². The lowest BCUT2D eigenvalue weighted by Gasteiger charge is -2.40. The van der Waals surface area contributed by atoms with Crippen LogP contribution in [0.25, 0.3) is 0 Å². The van der Waals surface area contributed by atoms with Crippen molar-refractivity contribution in [3.05, 3.63) is 132 Å². The van der Waals surface area contributed by atoms with Crippen molar-refractivity contribution in [2.75, 3.05) is 6.61 Å². The van der Waals surface area contributed by atoms with Gasteiger partial charge in [-0.1, -0.05) is 78.9 Å². The number of aliphatic hydroxyl groups is 1. The molecule has 4 aromatic rings. The van der Waals surface area contributed by atoms with E-state index in [9.17, 15) is 9.90 Å². The van der Waals surface area contributed by atoms with E-state index in [4.69, 9.17) is 23.7 Å². The summed E-state index contributed by atoms with van der Waals surface area (Å²) >= 11 is 0. The lowest BCUT2D eigenvalue weighted by Crippen LogP contribution is -2.53. The molecule has 0 saturated carbocycles. The molecule has 7 nitrogen and oxygen atoms in total. The van der Waals surface area contributed by atoms with Gasteiger partial charge in [0.05, 0.1) is 31.5 Å². The van der Waals surface area contributed by atoms with E-state index in [1.54, 1.807) is 48.5 Å². The molecule has 4 unspecified atom stereocenters. The first-order valence-corrected chi connectivity index (χ1v) is 13.3. The Hall–Kier alpha value is -4.01. The molecule has 1 saturated heterocycles. The number of ether oxygens (including phenoxy) is 5. The highest BCUT2D eigenvalue weighted by molar-refractivity contribution is 5.90. The van der Waals surface area contributed by atoms with Crippen LogP contribution in [0.1, 0.15) is 27.9 Å². The van der Waals surface area contributed by atoms with Gasteiger partial charge in [-0.15, -0.1) is 0 Å². The molecule has 0 aliphatic carbocycles. The van der Waals surface area contributed by atoms with Crippen LogP contribution in [0.15, 0.2) is 115 Å². The van der Waals surface area contributed by atoms with Crippen LogP contribution in [0.3, 0.4) is 0 Å². The first kappa shape index (κ1) is 27.6. The average molecular weight is 541 g/mol. The molecule has 206 valence electrons. The van der Waals surface area contributed by atoms with Gasteiger partial charge in [0, 0.05) is 6.42 Å². The number of hydrogen-bond acceptors (Lipinski definition) is 7. The molecule has 40 heavy (non-hydrogen) atoms. The Kier molecular flexibility index (Phi) is 9.55. The summed E-state index contributed by atoms with van der Waals surface area (Å²) in [6, 6.07) is 35.3. The second kappa shape index (κ2) is 13.9. The summed E-state index contributed by atoms with van der Waals surface area (Å²) in [5.74, 6) is 0.500. The number of esters is 1. The van der Waals surface area contributed by atoms with Crippen molar-refractivity contribution >= 4 is 5.97 Å². The largest absolute Gasteiger partial charge is 0.465 e. The van der Waals surface area contributed by atoms with Crippen molar-refractivity contribution in [2.45, 2.75) is 44.2 Å². The minimum Gasteiger partial charge on any atom is -0.465 e. The van der Waals surface area contributed by atoms with Crippen molar-refractivity contribution in [2.24, 2.45) is 0 Å². The Morgan fingerprint density at radius 1 is 0.725 bits per heavy atom. The molecule has 1 fully saturated rings. The van der Waals surface area contributed by atoms with Gasteiger partial charge >= 0.3 is 5.97 Å². The van der Waals surface area contributed by atoms with Crippen LogP contribution in [0.4, 0.5) is 0 Å². The zero-order valence-corrected chi connectivity index (χ0v) is 22.0. The number of aliphatic hydroxyl groups excluding tert-OH is 1. The van der Waals surface area contributed by atoms with Crippen LogP contribution in [0.5, 0.6) is 11.5 Å². The Morgan fingerprint density at radius 3 is 1.88 bits per heavy atom. The quantitative estimate of drug-likeness (QED) is 0.197. The summed E-state index contributed by atoms with van der Waals surface area (Å²) in [5.41, 5.74) is 2.53. The van der Waals surface area contributed by atoms with Gasteiger partial charge in [-0.3, -0.25) is 0 Å². The highest BCUT2D eigenvalue weighted by Gasteiger charge is 2.41. The van der Waals surface area contributed by atoms with Crippen molar-refractivity contribution < 1.29 is 33.6 Å². The predicted molar refractivity (Wildman–Crippen MR) is 149 cm³/mol. The maximum Gasteiger partial charge on any atom is 0.343 e. The Bertz CT molecular complexity index is 1310. The number of benzene rings is 4.